The molecule has 2 heterocycles. The number of hydrogen-bond acceptors (Lipinski definition) is 4. The molecule has 0 aliphatic carbocycles. The van der Waals surface area contributed by atoms with E-state index in [9.17, 15) is 0 Å². The first-order valence-electron chi connectivity index (χ1n) is 4.46. The SMILES string of the molecule is CSN1C=CN(C)C1c1ccccn1. The van der Waals surface area contributed by atoms with Gasteiger partial charge in [-0.2, -0.15) is 0 Å². The van der Waals surface area contributed by atoms with Crippen LogP contribution in [-0.4, -0.2) is 27.5 Å². The summed E-state index contributed by atoms with van der Waals surface area (Å²) < 4.78 is 2.18. The van der Waals surface area contributed by atoms with Gasteiger partial charge >= 0.3 is 0 Å². The number of nitrogens with zero attached hydrogens (tertiary/aromatic N) is 3. The van der Waals surface area contributed by atoms with Gasteiger partial charge in [-0.25, -0.2) is 0 Å². The molecule has 0 amide bonds. The third-order valence-corrected chi connectivity index (χ3v) is 2.98. The van der Waals surface area contributed by atoms with Crippen molar-refractivity contribution in [2.75, 3.05) is 13.3 Å². The molecular formula is C10H13N3S. The second-order valence-electron chi connectivity index (χ2n) is 3.13. The molecule has 1 atom stereocenters. The van der Waals surface area contributed by atoms with Gasteiger partial charge in [-0.3, -0.25) is 9.29 Å². The summed E-state index contributed by atoms with van der Waals surface area (Å²) in [5.74, 6) is 0. The molecule has 1 unspecified atom stereocenters. The van der Waals surface area contributed by atoms with Crippen molar-refractivity contribution in [1.82, 2.24) is 14.2 Å². The molecule has 0 saturated heterocycles. The molecule has 0 spiro atoms. The Hall–Kier alpha value is -1.16. The molecule has 0 bridgehead atoms. The van der Waals surface area contributed by atoms with Crippen LogP contribution in [0.3, 0.4) is 0 Å². The molecule has 0 N–H and O–H groups in total. The lowest BCUT2D eigenvalue weighted by Gasteiger charge is -2.27. The molecule has 0 radical (unpaired) electrons. The largest absolute Gasteiger partial charge is 0.353 e. The first kappa shape index (κ1) is 9.40. The van der Waals surface area contributed by atoms with Crippen LogP contribution in [0.1, 0.15) is 11.9 Å². The van der Waals surface area contributed by atoms with Crippen LogP contribution < -0.4 is 0 Å². The van der Waals surface area contributed by atoms with E-state index in [2.05, 4.69) is 46.0 Å². The summed E-state index contributed by atoms with van der Waals surface area (Å²) in [7, 11) is 2.06. The molecule has 14 heavy (non-hydrogen) atoms. The van der Waals surface area contributed by atoms with E-state index in [0.717, 1.165) is 5.69 Å². The molecule has 1 aliphatic heterocycles. The highest BCUT2D eigenvalue weighted by Gasteiger charge is 2.25. The van der Waals surface area contributed by atoms with E-state index in [1.54, 1.807) is 11.9 Å². The molecular weight excluding hydrogens is 194 g/mol. The summed E-state index contributed by atoms with van der Waals surface area (Å²) in [6.45, 7) is 0. The highest BCUT2D eigenvalue weighted by Crippen LogP contribution is 2.32. The van der Waals surface area contributed by atoms with Crippen LogP contribution in [0.2, 0.25) is 0 Å². The normalized spacial score (nSPS) is 20.6. The summed E-state index contributed by atoms with van der Waals surface area (Å²) in [5, 5.41) is 0. The molecule has 3 nitrogen and oxygen atoms in total. The van der Waals surface area contributed by atoms with E-state index in [1.807, 2.05) is 18.3 Å². The van der Waals surface area contributed by atoms with Crippen LogP contribution in [0.25, 0.3) is 0 Å². The molecule has 4 heteroatoms. The highest BCUT2D eigenvalue weighted by molar-refractivity contribution is 7.96. The fourth-order valence-electron chi connectivity index (χ4n) is 1.54. The summed E-state index contributed by atoms with van der Waals surface area (Å²) >= 11 is 1.70. The maximum absolute atomic E-state index is 4.37. The molecule has 0 saturated carbocycles. The number of hydrogen-bond donors (Lipinski definition) is 0. The predicted octanol–water partition coefficient (Wildman–Crippen LogP) is 2.08. The fourth-order valence-corrected chi connectivity index (χ4v) is 2.17. The van der Waals surface area contributed by atoms with Gasteiger partial charge in [-0.15, -0.1) is 0 Å². The van der Waals surface area contributed by atoms with E-state index < -0.39 is 0 Å². The molecule has 0 fully saturated rings. The Kier molecular flexibility index (Phi) is 2.63. The van der Waals surface area contributed by atoms with Crippen molar-refractivity contribution in [3.8, 4) is 0 Å². The Morgan fingerprint density at radius 1 is 1.36 bits per heavy atom. The van der Waals surface area contributed by atoms with E-state index in [-0.39, 0.29) is 6.17 Å². The second kappa shape index (κ2) is 3.92. The lowest BCUT2D eigenvalue weighted by molar-refractivity contribution is 0.264. The molecule has 74 valence electrons. The summed E-state index contributed by atoms with van der Waals surface area (Å²) in [6.07, 6.45) is 8.27. The van der Waals surface area contributed by atoms with E-state index >= 15 is 0 Å². The van der Waals surface area contributed by atoms with Gasteiger partial charge in [0.2, 0.25) is 0 Å². The standard InChI is InChI=1S/C10H13N3S/c1-12-7-8-13(14-2)10(12)9-5-3-4-6-11-9/h3-8,10H,1-2H3. The van der Waals surface area contributed by atoms with Crippen LogP contribution in [0.15, 0.2) is 36.8 Å². The van der Waals surface area contributed by atoms with Crippen LogP contribution in [-0.2, 0) is 0 Å². The van der Waals surface area contributed by atoms with Gasteiger partial charge in [0.1, 0.15) is 0 Å². The first-order chi connectivity index (χ1) is 6.83. The average Bonchev–Trinajstić information content (AvgIpc) is 2.61. The molecule has 1 aromatic rings. The maximum Gasteiger partial charge on any atom is 0.154 e. The van der Waals surface area contributed by atoms with Crippen molar-refractivity contribution in [2.45, 2.75) is 6.17 Å². The van der Waals surface area contributed by atoms with Gasteiger partial charge in [0.25, 0.3) is 0 Å². The summed E-state index contributed by atoms with van der Waals surface area (Å²) in [6, 6.07) is 6.01. The minimum absolute atomic E-state index is 0.228. The Bertz CT molecular complexity index is 325. The van der Waals surface area contributed by atoms with Gasteiger partial charge in [-0.05, 0) is 12.1 Å². The zero-order valence-electron chi connectivity index (χ0n) is 8.29. The van der Waals surface area contributed by atoms with Crippen molar-refractivity contribution in [3.05, 3.63) is 42.5 Å². The first-order valence-corrected chi connectivity index (χ1v) is 5.64. The highest BCUT2D eigenvalue weighted by atomic mass is 32.2. The molecule has 1 aliphatic rings. The van der Waals surface area contributed by atoms with E-state index in [0.29, 0.717) is 0 Å². The van der Waals surface area contributed by atoms with Gasteiger partial charge < -0.3 is 4.90 Å². The number of pyridine rings is 1. The predicted molar refractivity (Wildman–Crippen MR) is 59.2 cm³/mol. The van der Waals surface area contributed by atoms with Crippen molar-refractivity contribution in [3.63, 3.8) is 0 Å². The van der Waals surface area contributed by atoms with Crippen molar-refractivity contribution >= 4 is 11.9 Å². The maximum atomic E-state index is 4.37. The number of aromatic nitrogens is 1. The second-order valence-corrected chi connectivity index (χ2v) is 3.92. The van der Waals surface area contributed by atoms with Crippen LogP contribution in [0.4, 0.5) is 0 Å². The van der Waals surface area contributed by atoms with Crippen LogP contribution in [0, 0.1) is 0 Å². The van der Waals surface area contributed by atoms with E-state index in [1.165, 1.54) is 0 Å². The van der Waals surface area contributed by atoms with E-state index in [4.69, 9.17) is 0 Å². The van der Waals surface area contributed by atoms with Gasteiger partial charge in [-0.1, -0.05) is 18.0 Å². The average molecular weight is 207 g/mol. The fraction of sp³-hybridized carbons (Fsp3) is 0.300. The van der Waals surface area contributed by atoms with Gasteiger partial charge in [0.15, 0.2) is 6.17 Å². The third kappa shape index (κ3) is 1.57. The Morgan fingerprint density at radius 3 is 2.86 bits per heavy atom. The quantitative estimate of drug-likeness (QED) is 0.691. The van der Waals surface area contributed by atoms with Gasteiger partial charge in [0, 0.05) is 31.9 Å². The lowest BCUT2D eigenvalue weighted by atomic mass is 10.3. The Labute approximate surface area is 88.6 Å². The molecule has 0 aromatic carbocycles. The minimum Gasteiger partial charge on any atom is -0.353 e. The lowest BCUT2D eigenvalue weighted by Crippen LogP contribution is -2.24. The summed E-state index contributed by atoms with van der Waals surface area (Å²) in [4.78, 5) is 6.52. The van der Waals surface area contributed by atoms with Crippen molar-refractivity contribution in [2.24, 2.45) is 0 Å². The number of rotatable bonds is 2. The topological polar surface area (TPSA) is 19.4 Å². The van der Waals surface area contributed by atoms with Crippen molar-refractivity contribution < 1.29 is 0 Å². The van der Waals surface area contributed by atoms with Gasteiger partial charge in [0.05, 0.1) is 5.69 Å². The summed E-state index contributed by atoms with van der Waals surface area (Å²) in [5.41, 5.74) is 1.08. The molecule has 2 rings (SSSR count). The molecule has 1 aromatic heterocycles. The smallest absolute Gasteiger partial charge is 0.154 e. The van der Waals surface area contributed by atoms with Crippen LogP contribution >= 0.6 is 11.9 Å². The Morgan fingerprint density at radius 2 is 2.21 bits per heavy atom. The third-order valence-electron chi connectivity index (χ3n) is 2.24. The zero-order valence-corrected chi connectivity index (χ0v) is 9.11. The minimum atomic E-state index is 0.228. The zero-order chi connectivity index (χ0) is 9.97. The monoisotopic (exact) mass is 207 g/mol. The van der Waals surface area contributed by atoms with Crippen LogP contribution in [0.5, 0.6) is 0 Å². The Balaban J connectivity index is 2.26. The van der Waals surface area contributed by atoms with Crippen molar-refractivity contribution in [1.29, 1.82) is 0 Å².